The lowest BCUT2D eigenvalue weighted by Gasteiger charge is -2.21. The molecule has 0 aliphatic rings. The van der Waals surface area contributed by atoms with Gasteiger partial charge >= 0.3 is 0 Å². The smallest absolute Gasteiger partial charge is 0.128 e. The molecule has 1 aromatic heterocycles. The predicted octanol–water partition coefficient (Wildman–Crippen LogP) is 3.21. The van der Waals surface area contributed by atoms with E-state index in [2.05, 4.69) is 10.4 Å². The van der Waals surface area contributed by atoms with Crippen LogP contribution in [-0.4, -0.2) is 15.8 Å². The van der Waals surface area contributed by atoms with Gasteiger partial charge in [0.05, 0.1) is 6.54 Å². The molecule has 0 bridgehead atoms. The topological polar surface area (TPSA) is 29.9 Å². The van der Waals surface area contributed by atoms with Crippen molar-refractivity contribution >= 4 is 0 Å². The summed E-state index contributed by atoms with van der Waals surface area (Å²) in [5.41, 5.74) is 0.670. The number of hydrogen-bond donors (Lipinski definition) is 1. The minimum atomic E-state index is -0.380. The zero-order valence-electron chi connectivity index (χ0n) is 11.9. The third-order valence-corrected chi connectivity index (χ3v) is 3.30. The van der Waals surface area contributed by atoms with E-state index >= 15 is 0 Å². The summed E-state index contributed by atoms with van der Waals surface area (Å²) in [4.78, 5) is 0. The fourth-order valence-corrected chi connectivity index (χ4v) is 2.25. The Labute approximate surface area is 117 Å². The molecule has 20 heavy (non-hydrogen) atoms. The Balaban J connectivity index is 2.04. The summed E-state index contributed by atoms with van der Waals surface area (Å²) >= 11 is 0. The van der Waals surface area contributed by atoms with Crippen LogP contribution in [0.4, 0.5) is 8.78 Å². The van der Waals surface area contributed by atoms with Crippen molar-refractivity contribution in [1.29, 1.82) is 0 Å². The number of benzene rings is 1. The number of rotatable bonds is 5. The van der Waals surface area contributed by atoms with E-state index in [1.807, 2.05) is 26.1 Å². The summed E-state index contributed by atoms with van der Waals surface area (Å²) in [6, 6.07) is 4.18. The molecule has 0 aliphatic heterocycles. The van der Waals surface area contributed by atoms with Crippen LogP contribution < -0.4 is 5.32 Å². The Bertz CT molecular complexity index is 567. The van der Waals surface area contributed by atoms with Crippen LogP contribution in [-0.2, 0) is 6.54 Å². The molecule has 2 aromatic rings. The van der Waals surface area contributed by atoms with E-state index in [0.717, 1.165) is 0 Å². The lowest BCUT2D eigenvalue weighted by atomic mass is 10.0. The summed E-state index contributed by atoms with van der Waals surface area (Å²) in [5, 5.41) is 7.38. The summed E-state index contributed by atoms with van der Waals surface area (Å²) in [6.07, 6.45) is 3.58. The van der Waals surface area contributed by atoms with Crippen LogP contribution in [0.15, 0.2) is 30.6 Å². The summed E-state index contributed by atoms with van der Waals surface area (Å²) in [6.45, 7) is 6.04. The molecule has 3 nitrogen and oxygen atoms in total. The molecule has 0 fully saturated rings. The second kappa shape index (κ2) is 6.13. The van der Waals surface area contributed by atoms with Gasteiger partial charge in [-0.05, 0) is 44.5 Å². The zero-order valence-corrected chi connectivity index (χ0v) is 11.9. The Morgan fingerprint density at radius 1 is 1.25 bits per heavy atom. The van der Waals surface area contributed by atoms with Crippen molar-refractivity contribution in [2.24, 2.45) is 0 Å². The first-order valence-electron chi connectivity index (χ1n) is 6.66. The largest absolute Gasteiger partial charge is 0.306 e. The first-order chi connectivity index (χ1) is 9.47. The third-order valence-electron chi connectivity index (χ3n) is 3.30. The summed E-state index contributed by atoms with van der Waals surface area (Å²) in [7, 11) is 0. The molecule has 1 aromatic carbocycles. The van der Waals surface area contributed by atoms with E-state index < -0.39 is 0 Å². The van der Waals surface area contributed by atoms with Crippen molar-refractivity contribution in [2.75, 3.05) is 0 Å². The second-order valence-electron chi connectivity index (χ2n) is 5.14. The average Bonchev–Trinajstić information content (AvgIpc) is 2.86. The van der Waals surface area contributed by atoms with E-state index in [1.54, 1.807) is 17.8 Å². The van der Waals surface area contributed by atoms with Gasteiger partial charge in [0.25, 0.3) is 0 Å². The molecule has 1 N–H and O–H groups in total. The lowest BCUT2D eigenvalue weighted by molar-refractivity contribution is 0.404. The molecule has 1 heterocycles. The van der Waals surface area contributed by atoms with Crippen molar-refractivity contribution in [1.82, 2.24) is 15.1 Å². The number of nitrogens with one attached hydrogen (secondary N) is 1. The quantitative estimate of drug-likeness (QED) is 0.910. The van der Waals surface area contributed by atoms with Gasteiger partial charge < -0.3 is 5.32 Å². The Morgan fingerprint density at radius 2 is 2.00 bits per heavy atom. The number of aryl methyl sites for hydroxylation is 1. The fourth-order valence-electron chi connectivity index (χ4n) is 2.25. The van der Waals surface area contributed by atoms with Gasteiger partial charge in [0.1, 0.15) is 11.6 Å². The van der Waals surface area contributed by atoms with Crippen LogP contribution in [0.3, 0.4) is 0 Å². The van der Waals surface area contributed by atoms with E-state index in [4.69, 9.17) is 0 Å². The number of aromatic nitrogens is 2. The molecule has 2 unspecified atom stereocenters. The van der Waals surface area contributed by atoms with Crippen LogP contribution in [0.2, 0.25) is 0 Å². The molecule has 2 atom stereocenters. The van der Waals surface area contributed by atoms with E-state index in [1.165, 1.54) is 12.1 Å². The third kappa shape index (κ3) is 3.42. The first kappa shape index (κ1) is 14.7. The van der Waals surface area contributed by atoms with E-state index in [-0.39, 0.29) is 23.7 Å². The summed E-state index contributed by atoms with van der Waals surface area (Å²) in [5.74, 6) is -0.759. The van der Waals surface area contributed by atoms with Gasteiger partial charge in [-0.2, -0.15) is 5.10 Å². The van der Waals surface area contributed by atoms with Crippen LogP contribution >= 0.6 is 0 Å². The van der Waals surface area contributed by atoms with Crippen molar-refractivity contribution in [3.05, 3.63) is 53.4 Å². The molecule has 108 valence electrons. The molecular formula is C15H19F2N3. The Kier molecular flexibility index (Phi) is 4.49. The van der Waals surface area contributed by atoms with Gasteiger partial charge in [0.15, 0.2) is 0 Å². The van der Waals surface area contributed by atoms with Gasteiger partial charge in [0.2, 0.25) is 0 Å². The van der Waals surface area contributed by atoms with Crippen LogP contribution in [0.1, 0.15) is 31.0 Å². The fraction of sp³-hybridized carbons (Fsp3) is 0.400. The Morgan fingerprint density at radius 3 is 2.65 bits per heavy atom. The monoisotopic (exact) mass is 279 g/mol. The van der Waals surface area contributed by atoms with E-state index in [0.29, 0.717) is 17.7 Å². The Hall–Kier alpha value is -1.75. The molecule has 0 aliphatic carbocycles. The van der Waals surface area contributed by atoms with Crippen molar-refractivity contribution in [3.63, 3.8) is 0 Å². The highest BCUT2D eigenvalue weighted by Gasteiger charge is 2.16. The SMILES string of the molecule is Cc1cc(F)c(C(C)NC(C)Cn2cccn2)cc1F. The first-order valence-corrected chi connectivity index (χ1v) is 6.66. The maximum atomic E-state index is 13.9. The highest BCUT2D eigenvalue weighted by atomic mass is 19.1. The number of nitrogens with zero attached hydrogens (tertiary/aromatic N) is 2. The molecule has 0 radical (unpaired) electrons. The minimum Gasteiger partial charge on any atom is -0.306 e. The minimum absolute atomic E-state index is 0.0914. The van der Waals surface area contributed by atoms with Crippen molar-refractivity contribution < 1.29 is 8.78 Å². The van der Waals surface area contributed by atoms with Gasteiger partial charge in [-0.1, -0.05) is 0 Å². The van der Waals surface area contributed by atoms with Gasteiger partial charge in [-0.3, -0.25) is 4.68 Å². The van der Waals surface area contributed by atoms with Gasteiger partial charge in [0, 0.05) is 30.0 Å². The van der Waals surface area contributed by atoms with E-state index in [9.17, 15) is 8.78 Å². The van der Waals surface area contributed by atoms with Crippen LogP contribution in [0.5, 0.6) is 0 Å². The van der Waals surface area contributed by atoms with Crippen LogP contribution in [0.25, 0.3) is 0 Å². The van der Waals surface area contributed by atoms with Crippen LogP contribution in [0, 0.1) is 18.6 Å². The number of halogens is 2. The highest BCUT2D eigenvalue weighted by Crippen LogP contribution is 2.21. The normalized spacial score (nSPS) is 14.2. The van der Waals surface area contributed by atoms with Crippen molar-refractivity contribution in [2.45, 2.75) is 39.4 Å². The molecule has 0 saturated carbocycles. The molecule has 5 heteroatoms. The highest BCUT2D eigenvalue weighted by molar-refractivity contribution is 5.27. The molecule has 0 saturated heterocycles. The predicted molar refractivity (Wildman–Crippen MR) is 74.3 cm³/mol. The standard InChI is InChI=1S/C15H19F2N3/c1-10-7-15(17)13(8-14(10)16)12(3)19-11(2)9-20-6-4-5-18-20/h4-8,11-12,19H,9H2,1-3H3. The zero-order chi connectivity index (χ0) is 14.7. The van der Waals surface area contributed by atoms with Gasteiger partial charge in [-0.15, -0.1) is 0 Å². The maximum Gasteiger partial charge on any atom is 0.128 e. The molecular weight excluding hydrogens is 260 g/mol. The second-order valence-corrected chi connectivity index (χ2v) is 5.14. The lowest BCUT2D eigenvalue weighted by Crippen LogP contribution is -2.33. The van der Waals surface area contributed by atoms with Gasteiger partial charge in [-0.25, -0.2) is 8.78 Å². The summed E-state index contributed by atoms with van der Waals surface area (Å²) < 4.78 is 29.2. The maximum absolute atomic E-state index is 13.9. The molecule has 0 spiro atoms. The molecule has 0 amide bonds. The average molecular weight is 279 g/mol. The number of hydrogen-bond acceptors (Lipinski definition) is 2. The molecule has 2 rings (SSSR count). The van der Waals surface area contributed by atoms with Crippen molar-refractivity contribution in [3.8, 4) is 0 Å².